The minimum atomic E-state index is -1.48. The molecule has 1 aromatic rings. The predicted molar refractivity (Wildman–Crippen MR) is 78.7 cm³/mol. The number of ether oxygens (including phenoxy) is 3. The predicted octanol–water partition coefficient (Wildman–Crippen LogP) is -0.790. The fourth-order valence-electron chi connectivity index (χ4n) is 3.93. The van der Waals surface area contributed by atoms with Crippen LogP contribution in [0.4, 0.5) is 0 Å². The minimum Gasteiger partial charge on any atom is -0.497 e. The highest BCUT2D eigenvalue weighted by molar-refractivity contribution is 5.95. The van der Waals surface area contributed by atoms with Gasteiger partial charge in [-0.25, -0.2) is 4.99 Å². The number of rotatable bonds is 4. The summed E-state index contributed by atoms with van der Waals surface area (Å²) in [6.07, 6.45) is 0. The van der Waals surface area contributed by atoms with Gasteiger partial charge in [-0.3, -0.25) is 5.73 Å². The maximum absolute atomic E-state index is 9.94. The van der Waals surface area contributed by atoms with Gasteiger partial charge < -0.3 is 14.2 Å². The molecule has 1 saturated carbocycles. The lowest BCUT2D eigenvalue weighted by molar-refractivity contribution is -0.687. The Labute approximate surface area is 133 Å². The van der Waals surface area contributed by atoms with Crippen molar-refractivity contribution >= 4 is 5.84 Å². The SMILES string of the molecule is COc1cccc([C@H]2[C@]3(C#N)C(N)=[NH+]C(OC)(OC)[C@]23C#N)c1. The van der Waals surface area contributed by atoms with Crippen LogP contribution in [0.2, 0.25) is 0 Å². The van der Waals surface area contributed by atoms with E-state index in [1.165, 1.54) is 14.2 Å². The number of nitriles is 2. The van der Waals surface area contributed by atoms with Gasteiger partial charge in [-0.1, -0.05) is 12.1 Å². The van der Waals surface area contributed by atoms with Crippen molar-refractivity contribution in [3.05, 3.63) is 29.8 Å². The molecule has 0 saturated heterocycles. The molecule has 7 nitrogen and oxygen atoms in total. The Morgan fingerprint density at radius 2 is 1.87 bits per heavy atom. The molecule has 0 unspecified atom stereocenters. The van der Waals surface area contributed by atoms with Gasteiger partial charge in [0.15, 0.2) is 10.8 Å². The van der Waals surface area contributed by atoms with Crippen LogP contribution in [0.25, 0.3) is 0 Å². The maximum atomic E-state index is 9.94. The van der Waals surface area contributed by atoms with Crippen LogP contribution in [-0.2, 0) is 9.47 Å². The summed E-state index contributed by atoms with van der Waals surface area (Å²) in [7, 11) is 4.39. The second-order valence-corrected chi connectivity index (χ2v) is 5.61. The molecule has 1 aliphatic heterocycles. The first-order chi connectivity index (χ1) is 11.0. The molecule has 23 heavy (non-hydrogen) atoms. The van der Waals surface area contributed by atoms with Gasteiger partial charge in [0.25, 0.3) is 5.84 Å². The minimum absolute atomic E-state index is 0.179. The van der Waals surface area contributed by atoms with E-state index in [2.05, 4.69) is 17.1 Å². The molecule has 0 aromatic heterocycles. The Morgan fingerprint density at radius 1 is 1.17 bits per heavy atom. The molecule has 1 aliphatic carbocycles. The summed E-state index contributed by atoms with van der Waals surface area (Å²) >= 11 is 0. The van der Waals surface area contributed by atoms with E-state index < -0.39 is 22.7 Å². The first kappa shape index (κ1) is 15.3. The third-order valence-electron chi connectivity index (χ3n) is 5.00. The van der Waals surface area contributed by atoms with Crippen LogP contribution in [0.15, 0.2) is 24.3 Å². The zero-order valence-corrected chi connectivity index (χ0v) is 13.1. The third-order valence-corrected chi connectivity index (χ3v) is 5.00. The second kappa shape index (κ2) is 4.69. The average Bonchev–Trinajstić information content (AvgIpc) is 3.18. The molecule has 3 atom stereocenters. The molecule has 0 radical (unpaired) electrons. The molecule has 1 heterocycles. The van der Waals surface area contributed by atoms with Gasteiger partial charge in [0.2, 0.25) is 0 Å². The summed E-state index contributed by atoms with van der Waals surface area (Å²) in [6.45, 7) is 0. The summed E-state index contributed by atoms with van der Waals surface area (Å²) < 4.78 is 16.2. The molecule has 0 amide bonds. The van der Waals surface area contributed by atoms with Gasteiger partial charge in [0, 0.05) is 20.1 Å². The summed E-state index contributed by atoms with van der Waals surface area (Å²) in [5, 5.41) is 19.8. The van der Waals surface area contributed by atoms with Crippen molar-refractivity contribution in [3.63, 3.8) is 0 Å². The normalized spacial score (nSPS) is 33.1. The molecule has 0 spiro atoms. The van der Waals surface area contributed by atoms with E-state index >= 15 is 0 Å². The standard InChI is InChI=1S/C16H16N4O3/c1-21-11-6-4-5-10(7-11)12-14(8-17)13(19)20-16(22-2,23-3)15(12,14)9-18/h4-7,12H,1-3H3,(H2,19,20)/p+1/t12-,14+,15+/m0/s1. The van der Waals surface area contributed by atoms with E-state index in [1.807, 2.05) is 12.1 Å². The van der Waals surface area contributed by atoms with E-state index in [-0.39, 0.29) is 5.84 Å². The summed E-state index contributed by atoms with van der Waals surface area (Å²) in [5.74, 6) is -1.14. The number of benzene rings is 1. The Morgan fingerprint density at radius 3 is 2.39 bits per heavy atom. The number of methoxy groups -OCH3 is 3. The van der Waals surface area contributed by atoms with Crippen molar-refractivity contribution in [3.8, 4) is 17.9 Å². The molecule has 2 aliphatic rings. The molecule has 118 valence electrons. The quantitative estimate of drug-likeness (QED) is 0.704. The first-order valence-corrected chi connectivity index (χ1v) is 7.01. The molecule has 3 rings (SSSR count). The van der Waals surface area contributed by atoms with Crippen molar-refractivity contribution in [2.45, 2.75) is 11.8 Å². The van der Waals surface area contributed by atoms with E-state index in [4.69, 9.17) is 19.9 Å². The van der Waals surface area contributed by atoms with Crippen LogP contribution in [0.5, 0.6) is 5.75 Å². The van der Waals surface area contributed by atoms with Gasteiger partial charge >= 0.3 is 5.91 Å². The van der Waals surface area contributed by atoms with E-state index in [0.29, 0.717) is 5.75 Å². The fraction of sp³-hybridized carbons (Fsp3) is 0.438. The Bertz CT molecular complexity index is 774. The van der Waals surface area contributed by atoms with E-state index in [0.717, 1.165) is 5.56 Å². The highest BCUT2D eigenvalue weighted by Gasteiger charge is 2.96. The van der Waals surface area contributed by atoms with Gasteiger partial charge in [0.05, 0.1) is 19.2 Å². The van der Waals surface area contributed by atoms with Crippen molar-refractivity contribution in [2.24, 2.45) is 16.6 Å². The van der Waals surface area contributed by atoms with Crippen LogP contribution in [0.3, 0.4) is 0 Å². The molecule has 1 aromatic carbocycles. The topological polar surface area (TPSA) is 115 Å². The molecular weight excluding hydrogens is 296 g/mol. The highest BCUT2D eigenvalue weighted by atomic mass is 16.7. The van der Waals surface area contributed by atoms with Crippen molar-refractivity contribution in [2.75, 3.05) is 21.3 Å². The van der Waals surface area contributed by atoms with Gasteiger partial charge in [-0.05, 0) is 17.7 Å². The molecule has 3 N–H and O–H groups in total. The van der Waals surface area contributed by atoms with Crippen LogP contribution in [0.1, 0.15) is 11.5 Å². The van der Waals surface area contributed by atoms with Gasteiger partial charge in [0.1, 0.15) is 5.75 Å². The number of nitrogens with zero attached hydrogens (tertiary/aromatic N) is 2. The average molecular weight is 313 g/mol. The Balaban J connectivity index is 2.23. The summed E-state index contributed by atoms with van der Waals surface area (Å²) in [4.78, 5) is 2.85. The van der Waals surface area contributed by atoms with Crippen LogP contribution in [0, 0.1) is 33.5 Å². The van der Waals surface area contributed by atoms with Crippen LogP contribution in [-0.4, -0.2) is 33.1 Å². The van der Waals surface area contributed by atoms with Crippen LogP contribution < -0.4 is 15.5 Å². The molecular formula is C16H17N4O3+. The molecule has 7 heteroatoms. The summed E-state index contributed by atoms with van der Waals surface area (Å²) in [6, 6.07) is 11.7. The zero-order chi connectivity index (χ0) is 16.9. The van der Waals surface area contributed by atoms with Crippen molar-refractivity contribution in [1.82, 2.24) is 0 Å². The lowest BCUT2D eigenvalue weighted by Gasteiger charge is -2.26. The van der Waals surface area contributed by atoms with E-state index in [1.54, 1.807) is 19.2 Å². The monoisotopic (exact) mass is 313 g/mol. The number of amidine groups is 1. The maximum Gasteiger partial charge on any atom is 0.342 e. The zero-order valence-electron chi connectivity index (χ0n) is 13.1. The second-order valence-electron chi connectivity index (χ2n) is 5.61. The Hall–Kier alpha value is -2.61. The van der Waals surface area contributed by atoms with Crippen LogP contribution >= 0.6 is 0 Å². The highest BCUT2D eigenvalue weighted by Crippen LogP contribution is 2.78. The van der Waals surface area contributed by atoms with Gasteiger partial charge in [-0.2, -0.15) is 10.5 Å². The lowest BCUT2D eigenvalue weighted by atomic mass is 9.93. The first-order valence-electron chi connectivity index (χ1n) is 7.01. The molecule has 1 fully saturated rings. The largest absolute Gasteiger partial charge is 0.497 e. The number of nitrogens with one attached hydrogen (secondary N) is 1. The summed E-state index contributed by atoms with van der Waals surface area (Å²) in [5.41, 5.74) is 4.36. The number of hydrogen-bond donors (Lipinski definition) is 2. The van der Waals surface area contributed by atoms with E-state index in [9.17, 15) is 10.5 Å². The lowest BCUT2D eigenvalue weighted by Crippen LogP contribution is -2.90. The molecule has 0 bridgehead atoms. The third kappa shape index (κ3) is 1.41. The fourth-order valence-corrected chi connectivity index (χ4v) is 3.93. The van der Waals surface area contributed by atoms with Crippen molar-refractivity contribution in [1.29, 1.82) is 10.5 Å². The van der Waals surface area contributed by atoms with Crippen molar-refractivity contribution < 1.29 is 19.2 Å². The number of fused-ring (bicyclic) bond motifs is 1. The number of hydrogen-bond acceptors (Lipinski definition) is 6. The smallest absolute Gasteiger partial charge is 0.342 e. The number of nitrogens with two attached hydrogens (primary N) is 1. The van der Waals surface area contributed by atoms with Gasteiger partial charge in [-0.15, -0.1) is 0 Å². The Kier molecular flexibility index (Phi) is 3.12.